The Morgan fingerprint density at radius 2 is 1.84 bits per heavy atom. The lowest BCUT2D eigenvalue weighted by molar-refractivity contribution is -0.126. The maximum absolute atomic E-state index is 13.1. The van der Waals surface area contributed by atoms with E-state index in [2.05, 4.69) is 10.6 Å². The largest absolute Gasteiger partial charge is 0.387 e. The van der Waals surface area contributed by atoms with Gasteiger partial charge in [0.15, 0.2) is 0 Å². The molecule has 2 aromatic carbocycles. The van der Waals surface area contributed by atoms with Crippen LogP contribution in [-0.2, 0) is 16.0 Å². The number of aryl methyl sites for hydroxylation is 1. The summed E-state index contributed by atoms with van der Waals surface area (Å²) in [5, 5.41) is 15.2. The normalized spacial score (nSPS) is 11.6. The highest BCUT2D eigenvalue weighted by Crippen LogP contribution is 2.16. The van der Waals surface area contributed by atoms with Crippen LogP contribution in [0.3, 0.4) is 0 Å². The summed E-state index contributed by atoms with van der Waals surface area (Å²) in [4.78, 5) is 23.5. The highest BCUT2D eigenvalue weighted by Gasteiger charge is 2.12. The second kappa shape index (κ2) is 8.94. The third-order valence-corrected chi connectivity index (χ3v) is 3.74. The summed E-state index contributed by atoms with van der Waals surface area (Å²) >= 11 is 0. The van der Waals surface area contributed by atoms with Crippen LogP contribution in [0.2, 0.25) is 0 Å². The minimum Gasteiger partial charge on any atom is -0.387 e. The maximum atomic E-state index is 13.1. The van der Waals surface area contributed by atoms with E-state index in [1.165, 1.54) is 18.2 Å². The molecular formula is C19H21FN2O3. The molecular weight excluding hydrogens is 323 g/mol. The maximum Gasteiger partial charge on any atom is 0.239 e. The zero-order valence-electron chi connectivity index (χ0n) is 14.0. The molecule has 0 aliphatic carbocycles. The van der Waals surface area contributed by atoms with E-state index in [-0.39, 0.29) is 25.4 Å². The predicted molar refractivity (Wildman–Crippen MR) is 92.3 cm³/mol. The number of benzene rings is 2. The molecule has 0 fully saturated rings. The van der Waals surface area contributed by atoms with E-state index in [4.69, 9.17) is 0 Å². The molecule has 0 heterocycles. The number of hydrogen-bond acceptors (Lipinski definition) is 3. The van der Waals surface area contributed by atoms with Gasteiger partial charge in [-0.1, -0.05) is 36.4 Å². The Hall–Kier alpha value is -2.73. The van der Waals surface area contributed by atoms with Crippen molar-refractivity contribution in [2.45, 2.75) is 19.4 Å². The van der Waals surface area contributed by atoms with Gasteiger partial charge in [0, 0.05) is 6.54 Å². The average Bonchev–Trinajstić information content (AvgIpc) is 2.58. The van der Waals surface area contributed by atoms with Crippen molar-refractivity contribution in [1.82, 2.24) is 10.6 Å². The monoisotopic (exact) mass is 344 g/mol. The van der Waals surface area contributed by atoms with Crippen LogP contribution < -0.4 is 10.6 Å². The molecule has 3 N–H and O–H groups in total. The van der Waals surface area contributed by atoms with E-state index in [1.54, 1.807) is 12.1 Å². The van der Waals surface area contributed by atoms with Gasteiger partial charge >= 0.3 is 0 Å². The molecule has 25 heavy (non-hydrogen) atoms. The molecule has 0 saturated carbocycles. The standard InChI is InChI=1S/C19H21FN2O3/c1-13-5-2-3-8-16(13)17(23)11-21-19(25)12-22-18(24)10-14-6-4-7-15(20)9-14/h2-9,17,23H,10-12H2,1H3,(H,21,25)(H,22,24). The molecule has 2 amide bonds. The number of aliphatic hydroxyl groups excluding tert-OH is 1. The molecule has 2 rings (SSSR count). The van der Waals surface area contributed by atoms with Crippen molar-refractivity contribution in [3.63, 3.8) is 0 Å². The minimum absolute atomic E-state index is 0.00310. The van der Waals surface area contributed by atoms with Crippen molar-refractivity contribution < 1.29 is 19.1 Å². The van der Waals surface area contributed by atoms with Gasteiger partial charge in [-0.15, -0.1) is 0 Å². The minimum atomic E-state index is -0.812. The van der Waals surface area contributed by atoms with Gasteiger partial charge in [-0.05, 0) is 35.7 Å². The number of nitrogens with one attached hydrogen (secondary N) is 2. The van der Waals surface area contributed by atoms with Crippen LogP contribution in [0.15, 0.2) is 48.5 Å². The number of aliphatic hydroxyl groups is 1. The number of carbonyl (C=O) groups is 2. The Bertz CT molecular complexity index is 749. The molecule has 0 spiro atoms. The van der Waals surface area contributed by atoms with Crippen LogP contribution in [0, 0.1) is 12.7 Å². The van der Waals surface area contributed by atoms with E-state index in [1.807, 2.05) is 25.1 Å². The van der Waals surface area contributed by atoms with Gasteiger partial charge in [0.2, 0.25) is 11.8 Å². The van der Waals surface area contributed by atoms with Crippen molar-refractivity contribution in [3.8, 4) is 0 Å². The molecule has 1 atom stereocenters. The van der Waals surface area contributed by atoms with Crippen molar-refractivity contribution in [1.29, 1.82) is 0 Å². The lowest BCUT2D eigenvalue weighted by atomic mass is 10.0. The second-order valence-electron chi connectivity index (χ2n) is 5.76. The Morgan fingerprint density at radius 1 is 1.08 bits per heavy atom. The molecule has 0 aromatic heterocycles. The number of carbonyl (C=O) groups excluding carboxylic acids is 2. The fourth-order valence-electron chi connectivity index (χ4n) is 2.42. The Labute approximate surface area is 145 Å². The number of amides is 2. The molecule has 132 valence electrons. The summed E-state index contributed by atoms with van der Waals surface area (Å²) in [6, 6.07) is 13.1. The first-order valence-electron chi connectivity index (χ1n) is 7.97. The summed E-state index contributed by atoms with van der Waals surface area (Å²) in [6.07, 6.45) is -0.815. The molecule has 5 nitrogen and oxygen atoms in total. The third kappa shape index (κ3) is 6.00. The predicted octanol–water partition coefficient (Wildman–Crippen LogP) is 1.64. The molecule has 0 radical (unpaired) electrons. The molecule has 0 aliphatic heterocycles. The molecule has 1 unspecified atom stereocenters. The van der Waals surface area contributed by atoms with Crippen molar-refractivity contribution in [3.05, 3.63) is 71.0 Å². The van der Waals surface area contributed by atoms with Gasteiger partial charge in [0.05, 0.1) is 19.1 Å². The highest BCUT2D eigenvalue weighted by molar-refractivity contribution is 5.85. The van der Waals surface area contributed by atoms with Crippen LogP contribution in [-0.4, -0.2) is 30.0 Å². The van der Waals surface area contributed by atoms with Gasteiger partial charge in [-0.25, -0.2) is 4.39 Å². The zero-order chi connectivity index (χ0) is 18.2. The SMILES string of the molecule is Cc1ccccc1C(O)CNC(=O)CNC(=O)Cc1cccc(F)c1. The summed E-state index contributed by atoms with van der Waals surface area (Å²) in [7, 11) is 0. The first-order chi connectivity index (χ1) is 12.0. The molecule has 0 bridgehead atoms. The van der Waals surface area contributed by atoms with E-state index in [9.17, 15) is 19.1 Å². The summed E-state index contributed by atoms with van der Waals surface area (Å²) in [5.41, 5.74) is 2.22. The topological polar surface area (TPSA) is 78.4 Å². The highest BCUT2D eigenvalue weighted by atomic mass is 19.1. The van der Waals surface area contributed by atoms with E-state index in [0.29, 0.717) is 5.56 Å². The fraction of sp³-hybridized carbons (Fsp3) is 0.263. The van der Waals surface area contributed by atoms with Gasteiger partial charge in [0.25, 0.3) is 0 Å². The lowest BCUT2D eigenvalue weighted by Crippen LogP contribution is -2.39. The summed E-state index contributed by atoms with van der Waals surface area (Å²) in [6.45, 7) is 1.74. The van der Waals surface area contributed by atoms with Crippen LogP contribution in [0.25, 0.3) is 0 Å². The first kappa shape index (κ1) is 18.6. The second-order valence-corrected chi connectivity index (χ2v) is 5.76. The van der Waals surface area contributed by atoms with E-state index >= 15 is 0 Å². The number of hydrogen-bond donors (Lipinski definition) is 3. The Morgan fingerprint density at radius 3 is 2.56 bits per heavy atom. The van der Waals surface area contributed by atoms with Crippen LogP contribution in [0.5, 0.6) is 0 Å². The van der Waals surface area contributed by atoms with Crippen molar-refractivity contribution in [2.24, 2.45) is 0 Å². The Kier molecular flexibility index (Phi) is 6.65. The van der Waals surface area contributed by atoms with Crippen molar-refractivity contribution in [2.75, 3.05) is 13.1 Å². The number of halogens is 1. The summed E-state index contributed by atoms with van der Waals surface area (Å²) in [5.74, 6) is -1.19. The van der Waals surface area contributed by atoms with E-state index in [0.717, 1.165) is 11.1 Å². The molecule has 2 aromatic rings. The molecule has 6 heteroatoms. The Balaban J connectivity index is 1.73. The molecule has 0 aliphatic rings. The van der Waals surface area contributed by atoms with E-state index < -0.39 is 17.8 Å². The fourth-order valence-corrected chi connectivity index (χ4v) is 2.42. The van der Waals surface area contributed by atoms with Crippen molar-refractivity contribution >= 4 is 11.8 Å². The zero-order valence-corrected chi connectivity index (χ0v) is 14.0. The third-order valence-electron chi connectivity index (χ3n) is 3.74. The first-order valence-corrected chi connectivity index (χ1v) is 7.97. The van der Waals surface area contributed by atoms with Gasteiger partial charge in [0.1, 0.15) is 5.82 Å². The van der Waals surface area contributed by atoms with Crippen LogP contribution >= 0.6 is 0 Å². The summed E-state index contributed by atoms with van der Waals surface area (Å²) < 4.78 is 13.1. The van der Waals surface area contributed by atoms with Crippen LogP contribution in [0.4, 0.5) is 4.39 Å². The van der Waals surface area contributed by atoms with Crippen LogP contribution in [0.1, 0.15) is 22.8 Å². The smallest absolute Gasteiger partial charge is 0.239 e. The lowest BCUT2D eigenvalue weighted by Gasteiger charge is -2.14. The molecule has 0 saturated heterocycles. The quantitative estimate of drug-likeness (QED) is 0.715. The van der Waals surface area contributed by atoms with Gasteiger partial charge in [-0.2, -0.15) is 0 Å². The number of rotatable bonds is 7. The average molecular weight is 344 g/mol. The van der Waals surface area contributed by atoms with Gasteiger partial charge < -0.3 is 15.7 Å². The van der Waals surface area contributed by atoms with Gasteiger partial charge in [-0.3, -0.25) is 9.59 Å².